The van der Waals surface area contributed by atoms with Crippen molar-refractivity contribution in [1.29, 1.82) is 0 Å². The highest BCUT2D eigenvalue weighted by Gasteiger charge is 2.52. The van der Waals surface area contributed by atoms with Gasteiger partial charge >= 0.3 is 7.12 Å². The van der Waals surface area contributed by atoms with Gasteiger partial charge in [-0.25, -0.2) is 4.98 Å². The van der Waals surface area contributed by atoms with Crippen LogP contribution in [0.4, 0.5) is 5.69 Å². The van der Waals surface area contributed by atoms with E-state index in [9.17, 15) is 0 Å². The van der Waals surface area contributed by atoms with Gasteiger partial charge in [-0.15, -0.1) is 0 Å². The summed E-state index contributed by atoms with van der Waals surface area (Å²) in [4.78, 5) is 4.07. The van der Waals surface area contributed by atoms with Crippen molar-refractivity contribution in [2.75, 3.05) is 19.3 Å². The number of pyridine rings is 1. The van der Waals surface area contributed by atoms with Gasteiger partial charge in [0.15, 0.2) is 0 Å². The lowest BCUT2D eigenvalue weighted by molar-refractivity contribution is 0.00578. The van der Waals surface area contributed by atoms with Gasteiger partial charge in [0.2, 0.25) is 0 Å². The van der Waals surface area contributed by atoms with E-state index < -0.39 is 7.12 Å². The minimum atomic E-state index is -0.435. The first-order valence-electron chi connectivity index (χ1n) is 7.28. The van der Waals surface area contributed by atoms with Crippen LogP contribution in [0.25, 0.3) is 6.08 Å². The molecule has 2 rings (SSSR count). The fraction of sp³-hybridized carbons (Fsp3) is 0.533. The van der Waals surface area contributed by atoms with Crippen molar-refractivity contribution in [3.63, 3.8) is 0 Å². The molecule has 0 bridgehead atoms. The number of rotatable bonds is 4. The molecule has 0 amide bonds. The van der Waals surface area contributed by atoms with Gasteiger partial charge in [-0.3, -0.25) is 0 Å². The predicted molar refractivity (Wildman–Crippen MR) is 91.6 cm³/mol. The van der Waals surface area contributed by atoms with Gasteiger partial charge in [-0.1, -0.05) is 17.7 Å². The molecular formula is C15H23BClN3O2. The van der Waals surface area contributed by atoms with E-state index in [1.807, 2.05) is 40.8 Å². The highest BCUT2D eigenvalue weighted by molar-refractivity contribution is 6.56. The summed E-state index contributed by atoms with van der Waals surface area (Å²) in [6.07, 6.45) is 3.45. The highest BCUT2D eigenvalue weighted by atomic mass is 35.5. The maximum absolute atomic E-state index is 6.15. The Morgan fingerprint density at radius 3 is 2.50 bits per heavy atom. The second-order valence-corrected chi connectivity index (χ2v) is 6.84. The van der Waals surface area contributed by atoms with Crippen molar-refractivity contribution >= 4 is 30.5 Å². The second kappa shape index (κ2) is 6.20. The van der Waals surface area contributed by atoms with Gasteiger partial charge in [-0.2, -0.15) is 0 Å². The number of aromatic nitrogens is 1. The van der Waals surface area contributed by atoms with Gasteiger partial charge in [-0.05, 0) is 46.3 Å². The highest BCUT2D eigenvalue weighted by Crippen LogP contribution is 2.38. The molecule has 1 fully saturated rings. The number of hydrogen-bond acceptors (Lipinski definition) is 5. The molecule has 1 aliphatic heterocycles. The minimum absolute atomic E-state index is 0.387. The van der Waals surface area contributed by atoms with E-state index in [0.29, 0.717) is 17.4 Å². The zero-order chi connectivity index (χ0) is 16.5. The van der Waals surface area contributed by atoms with Crippen molar-refractivity contribution in [3.05, 3.63) is 28.5 Å². The molecule has 7 heteroatoms. The molecule has 120 valence electrons. The Hall–Kier alpha value is -1.08. The van der Waals surface area contributed by atoms with Crippen LogP contribution < -0.4 is 11.1 Å². The summed E-state index contributed by atoms with van der Waals surface area (Å²) in [6, 6.07) is 1.79. The first-order valence-corrected chi connectivity index (χ1v) is 7.66. The van der Waals surface area contributed by atoms with Crippen LogP contribution in [0.15, 0.2) is 17.7 Å². The largest absolute Gasteiger partial charge is 0.491 e. The van der Waals surface area contributed by atoms with Gasteiger partial charge < -0.3 is 20.4 Å². The smallest absolute Gasteiger partial charge is 0.400 e. The summed E-state index contributed by atoms with van der Waals surface area (Å²) in [5, 5.41) is 3.53. The molecule has 1 aromatic rings. The van der Waals surface area contributed by atoms with E-state index in [0.717, 1.165) is 11.0 Å². The molecule has 3 N–H and O–H groups in total. The summed E-state index contributed by atoms with van der Waals surface area (Å²) in [5.41, 5.74) is 7.27. The number of halogens is 1. The summed E-state index contributed by atoms with van der Waals surface area (Å²) in [5.74, 6) is 0. The van der Waals surface area contributed by atoms with E-state index in [2.05, 4.69) is 10.3 Å². The fourth-order valence-electron chi connectivity index (χ4n) is 2.18. The number of likely N-dealkylation sites (N-methyl/N-ethyl adjacent to an activating group) is 1. The number of hydrogen-bond donors (Lipinski definition) is 2. The van der Waals surface area contributed by atoms with E-state index in [1.54, 1.807) is 6.07 Å². The zero-order valence-corrected chi connectivity index (χ0v) is 14.5. The molecule has 0 radical (unpaired) electrons. The van der Waals surface area contributed by atoms with Gasteiger partial charge in [0.05, 0.1) is 23.1 Å². The Bertz CT molecular complexity index is 574. The Kier molecular flexibility index (Phi) is 4.87. The topological polar surface area (TPSA) is 69.4 Å². The molecule has 1 aromatic heterocycles. The van der Waals surface area contributed by atoms with Crippen LogP contribution in [0, 0.1) is 0 Å². The van der Waals surface area contributed by atoms with Gasteiger partial charge in [0.25, 0.3) is 0 Å². The molecule has 0 saturated carbocycles. The number of nitrogens with zero attached hydrogens (tertiary/aromatic N) is 1. The average Bonchev–Trinajstić information content (AvgIpc) is 2.62. The van der Waals surface area contributed by atoms with E-state index in [4.69, 9.17) is 26.6 Å². The molecule has 0 aromatic carbocycles. The molecule has 0 aliphatic carbocycles. The molecule has 0 atom stereocenters. The van der Waals surface area contributed by atoms with Crippen LogP contribution >= 0.6 is 11.6 Å². The van der Waals surface area contributed by atoms with E-state index >= 15 is 0 Å². The summed E-state index contributed by atoms with van der Waals surface area (Å²) in [7, 11) is 1.44. The molecule has 0 spiro atoms. The van der Waals surface area contributed by atoms with Crippen LogP contribution in [-0.2, 0) is 9.31 Å². The Morgan fingerprint density at radius 1 is 1.36 bits per heavy atom. The Morgan fingerprint density at radius 2 is 1.95 bits per heavy atom. The molecule has 1 aliphatic rings. The molecule has 1 saturated heterocycles. The minimum Gasteiger partial charge on any atom is -0.400 e. The third-order valence-electron chi connectivity index (χ3n) is 4.17. The maximum atomic E-state index is 6.15. The summed E-state index contributed by atoms with van der Waals surface area (Å²) < 4.78 is 12.2. The van der Waals surface area contributed by atoms with Crippen molar-refractivity contribution in [2.24, 2.45) is 0 Å². The maximum Gasteiger partial charge on any atom is 0.491 e. The monoisotopic (exact) mass is 323 g/mol. The summed E-state index contributed by atoms with van der Waals surface area (Å²) >= 11 is 6.15. The lowest BCUT2D eigenvalue weighted by Crippen LogP contribution is -2.41. The van der Waals surface area contributed by atoms with Crippen molar-refractivity contribution in [1.82, 2.24) is 10.3 Å². The predicted octanol–water partition coefficient (Wildman–Crippen LogP) is 2.55. The molecule has 2 heterocycles. The number of nitrogens with two attached hydrogens (primary N) is 1. The van der Waals surface area contributed by atoms with Crippen LogP contribution in [-0.4, -0.2) is 36.9 Å². The number of nitrogen functional groups attached to an aromatic ring is 1. The SMILES string of the molecule is CNCC(=Cc1cc(N)cnc1Cl)B1OC(C)(C)C(C)(C)O1. The Balaban J connectivity index is 2.35. The van der Waals surface area contributed by atoms with Crippen LogP contribution in [0.5, 0.6) is 0 Å². The first kappa shape index (κ1) is 17.3. The molecular weight excluding hydrogens is 300 g/mol. The lowest BCUT2D eigenvalue weighted by Gasteiger charge is -2.32. The third-order valence-corrected chi connectivity index (χ3v) is 4.48. The van der Waals surface area contributed by atoms with Crippen molar-refractivity contribution in [3.8, 4) is 0 Å². The van der Waals surface area contributed by atoms with E-state index in [1.165, 1.54) is 6.20 Å². The van der Waals surface area contributed by atoms with E-state index in [-0.39, 0.29) is 11.2 Å². The fourth-order valence-corrected chi connectivity index (χ4v) is 2.34. The summed E-state index contributed by atoms with van der Waals surface area (Å²) in [6.45, 7) is 8.72. The molecule has 22 heavy (non-hydrogen) atoms. The standard InChI is InChI=1S/C15H23BClN3O2/c1-14(2)15(3,4)22-16(21-14)11(8-19-5)6-10-7-12(18)9-20-13(10)17/h6-7,9,19H,8,18H2,1-5H3. The van der Waals surface area contributed by atoms with Crippen molar-refractivity contribution in [2.45, 2.75) is 38.9 Å². The quantitative estimate of drug-likeness (QED) is 0.658. The molecule has 5 nitrogen and oxygen atoms in total. The number of nitrogens with one attached hydrogen (secondary N) is 1. The third kappa shape index (κ3) is 3.46. The molecule has 0 unspecified atom stereocenters. The van der Waals surface area contributed by atoms with Gasteiger partial charge in [0.1, 0.15) is 5.15 Å². The van der Waals surface area contributed by atoms with Crippen molar-refractivity contribution < 1.29 is 9.31 Å². The van der Waals surface area contributed by atoms with Crippen LogP contribution in [0.1, 0.15) is 33.3 Å². The number of anilines is 1. The Labute approximate surface area is 137 Å². The zero-order valence-electron chi connectivity index (χ0n) is 13.7. The lowest BCUT2D eigenvalue weighted by atomic mass is 9.77. The normalized spacial score (nSPS) is 20.5. The van der Waals surface area contributed by atoms with Gasteiger partial charge in [0, 0.05) is 12.1 Å². The van der Waals surface area contributed by atoms with Crippen LogP contribution in [0.2, 0.25) is 5.15 Å². The van der Waals surface area contributed by atoms with Crippen LogP contribution in [0.3, 0.4) is 0 Å². The first-order chi connectivity index (χ1) is 10.2. The second-order valence-electron chi connectivity index (χ2n) is 6.49. The average molecular weight is 324 g/mol.